The smallest absolute Gasteiger partial charge is 0.307 e. The van der Waals surface area contributed by atoms with Crippen molar-refractivity contribution in [2.24, 2.45) is 0 Å². The Balaban J connectivity index is 2.57. The first-order valence-electron chi connectivity index (χ1n) is 5.91. The van der Waals surface area contributed by atoms with Gasteiger partial charge in [-0.05, 0) is 27.7 Å². The maximum absolute atomic E-state index is 11.2. The van der Waals surface area contributed by atoms with Gasteiger partial charge in [0.1, 0.15) is 0 Å². The van der Waals surface area contributed by atoms with Crippen molar-refractivity contribution in [2.75, 3.05) is 20.2 Å². The molecule has 0 aliphatic carbocycles. The summed E-state index contributed by atoms with van der Waals surface area (Å²) < 4.78 is 4.70. The minimum atomic E-state index is -0.138. The molecule has 1 fully saturated rings. The number of esters is 1. The number of nitrogens with one attached hydrogen (secondary N) is 1. The molecule has 1 aliphatic rings. The lowest BCUT2D eigenvalue weighted by atomic mass is 9.98. The van der Waals surface area contributed by atoms with E-state index in [4.69, 9.17) is 4.74 Å². The Labute approximate surface area is 98.3 Å². The van der Waals surface area contributed by atoms with E-state index in [2.05, 4.69) is 37.9 Å². The van der Waals surface area contributed by atoms with E-state index in [1.54, 1.807) is 0 Å². The van der Waals surface area contributed by atoms with Gasteiger partial charge in [0.15, 0.2) is 0 Å². The molecule has 4 nitrogen and oxygen atoms in total. The van der Waals surface area contributed by atoms with Crippen LogP contribution in [-0.4, -0.2) is 48.7 Å². The van der Waals surface area contributed by atoms with Crippen molar-refractivity contribution < 1.29 is 9.53 Å². The number of carbonyl (C=O) groups excluding carboxylic acids is 1. The van der Waals surface area contributed by atoms with Gasteiger partial charge in [-0.3, -0.25) is 9.69 Å². The molecule has 0 saturated carbocycles. The molecule has 0 bridgehead atoms. The molecule has 0 aromatic heterocycles. The standard InChI is InChI=1S/C12H24N2O2/c1-9-7-13-10(6-11(15)16-5)8-14(9)12(2,3)4/h9-10,13H,6-8H2,1-5H3. The predicted octanol–water partition coefficient (Wildman–Crippen LogP) is 1.01. The van der Waals surface area contributed by atoms with Gasteiger partial charge in [0.25, 0.3) is 0 Å². The van der Waals surface area contributed by atoms with E-state index in [0.717, 1.165) is 13.1 Å². The molecule has 4 heteroatoms. The summed E-state index contributed by atoms with van der Waals surface area (Å²) in [6, 6.07) is 0.719. The molecule has 0 radical (unpaired) electrons. The average molecular weight is 228 g/mol. The largest absolute Gasteiger partial charge is 0.469 e. The first kappa shape index (κ1) is 13.5. The zero-order valence-electron chi connectivity index (χ0n) is 11.0. The molecule has 1 N–H and O–H groups in total. The molecule has 2 atom stereocenters. The molecule has 1 saturated heterocycles. The van der Waals surface area contributed by atoms with Gasteiger partial charge in [0.2, 0.25) is 0 Å². The molecule has 94 valence electrons. The maximum Gasteiger partial charge on any atom is 0.307 e. The first-order chi connectivity index (χ1) is 7.34. The molecule has 0 aromatic rings. The number of piperazine rings is 1. The lowest BCUT2D eigenvalue weighted by Gasteiger charge is -2.46. The summed E-state index contributed by atoms with van der Waals surface area (Å²) in [6.07, 6.45) is 0.454. The molecule has 0 spiro atoms. The normalized spacial score (nSPS) is 27.8. The van der Waals surface area contributed by atoms with Crippen molar-refractivity contribution in [1.29, 1.82) is 0 Å². The summed E-state index contributed by atoms with van der Waals surface area (Å²) in [5.41, 5.74) is 0.149. The Bertz CT molecular complexity index is 248. The SMILES string of the molecule is COC(=O)CC1CN(C(C)(C)C)C(C)CN1. The van der Waals surface area contributed by atoms with E-state index >= 15 is 0 Å². The second kappa shape index (κ2) is 5.15. The monoisotopic (exact) mass is 228 g/mol. The predicted molar refractivity (Wildman–Crippen MR) is 64.3 cm³/mol. The molecule has 16 heavy (non-hydrogen) atoms. The highest BCUT2D eigenvalue weighted by Crippen LogP contribution is 2.20. The van der Waals surface area contributed by atoms with Crippen LogP contribution in [0.15, 0.2) is 0 Å². The van der Waals surface area contributed by atoms with Gasteiger partial charge in [-0.25, -0.2) is 0 Å². The van der Waals surface area contributed by atoms with Gasteiger partial charge in [0, 0.05) is 30.7 Å². The molecule has 1 aliphatic heterocycles. The van der Waals surface area contributed by atoms with Gasteiger partial charge in [0.05, 0.1) is 13.5 Å². The zero-order chi connectivity index (χ0) is 12.3. The van der Waals surface area contributed by atoms with Crippen LogP contribution in [0.2, 0.25) is 0 Å². The van der Waals surface area contributed by atoms with E-state index < -0.39 is 0 Å². The third kappa shape index (κ3) is 3.46. The van der Waals surface area contributed by atoms with Crippen molar-refractivity contribution in [1.82, 2.24) is 10.2 Å². The van der Waals surface area contributed by atoms with Crippen molar-refractivity contribution in [2.45, 2.75) is 51.7 Å². The highest BCUT2D eigenvalue weighted by atomic mass is 16.5. The van der Waals surface area contributed by atoms with Gasteiger partial charge in [-0.1, -0.05) is 0 Å². The molecule has 0 amide bonds. The summed E-state index contributed by atoms with van der Waals surface area (Å²) >= 11 is 0. The van der Waals surface area contributed by atoms with Crippen LogP contribution in [0.25, 0.3) is 0 Å². The van der Waals surface area contributed by atoms with E-state index in [0.29, 0.717) is 12.5 Å². The Morgan fingerprint density at radius 3 is 2.62 bits per heavy atom. The third-order valence-electron chi connectivity index (χ3n) is 3.15. The summed E-state index contributed by atoms with van der Waals surface area (Å²) in [5, 5.41) is 3.39. The fourth-order valence-corrected chi connectivity index (χ4v) is 2.29. The van der Waals surface area contributed by atoms with Crippen LogP contribution in [0.1, 0.15) is 34.1 Å². The zero-order valence-corrected chi connectivity index (χ0v) is 11.0. The van der Waals surface area contributed by atoms with Crippen LogP contribution in [0.5, 0.6) is 0 Å². The number of methoxy groups -OCH3 is 1. The molecular weight excluding hydrogens is 204 g/mol. The van der Waals surface area contributed by atoms with Crippen LogP contribution < -0.4 is 5.32 Å². The fraction of sp³-hybridized carbons (Fsp3) is 0.917. The van der Waals surface area contributed by atoms with Gasteiger partial charge in [-0.2, -0.15) is 0 Å². The van der Waals surface area contributed by atoms with Crippen molar-refractivity contribution >= 4 is 5.97 Å². The Kier molecular flexibility index (Phi) is 4.33. The number of ether oxygens (including phenoxy) is 1. The summed E-state index contributed by atoms with van der Waals surface area (Å²) in [7, 11) is 1.44. The molecule has 1 rings (SSSR count). The molecule has 2 unspecified atom stereocenters. The number of rotatable bonds is 2. The second-order valence-electron chi connectivity index (χ2n) is 5.56. The Morgan fingerprint density at radius 1 is 1.50 bits per heavy atom. The number of carbonyl (C=O) groups is 1. The van der Waals surface area contributed by atoms with E-state index in [-0.39, 0.29) is 17.6 Å². The summed E-state index contributed by atoms with van der Waals surface area (Å²) in [5.74, 6) is -0.138. The van der Waals surface area contributed by atoms with E-state index in [1.807, 2.05) is 0 Å². The Morgan fingerprint density at radius 2 is 2.12 bits per heavy atom. The van der Waals surface area contributed by atoms with Gasteiger partial charge < -0.3 is 10.1 Å². The van der Waals surface area contributed by atoms with Crippen molar-refractivity contribution in [3.05, 3.63) is 0 Å². The summed E-state index contributed by atoms with van der Waals surface area (Å²) in [6.45, 7) is 10.7. The highest BCUT2D eigenvalue weighted by molar-refractivity contribution is 5.69. The maximum atomic E-state index is 11.2. The average Bonchev–Trinajstić information content (AvgIpc) is 2.19. The lowest BCUT2D eigenvalue weighted by molar-refractivity contribution is -0.141. The van der Waals surface area contributed by atoms with Crippen LogP contribution in [0, 0.1) is 0 Å². The fourth-order valence-electron chi connectivity index (χ4n) is 2.29. The van der Waals surface area contributed by atoms with Crippen molar-refractivity contribution in [3.8, 4) is 0 Å². The topological polar surface area (TPSA) is 41.6 Å². The number of hydrogen-bond acceptors (Lipinski definition) is 4. The summed E-state index contributed by atoms with van der Waals surface area (Å²) in [4.78, 5) is 13.7. The molecule has 0 aromatic carbocycles. The molecular formula is C12H24N2O2. The number of hydrogen-bond donors (Lipinski definition) is 1. The first-order valence-corrected chi connectivity index (χ1v) is 5.91. The van der Waals surface area contributed by atoms with E-state index in [9.17, 15) is 4.79 Å². The Hall–Kier alpha value is -0.610. The van der Waals surface area contributed by atoms with Crippen LogP contribution in [-0.2, 0) is 9.53 Å². The second-order valence-corrected chi connectivity index (χ2v) is 5.56. The minimum Gasteiger partial charge on any atom is -0.469 e. The van der Waals surface area contributed by atoms with Crippen molar-refractivity contribution in [3.63, 3.8) is 0 Å². The van der Waals surface area contributed by atoms with Crippen LogP contribution in [0.3, 0.4) is 0 Å². The quantitative estimate of drug-likeness (QED) is 0.716. The highest BCUT2D eigenvalue weighted by Gasteiger charge is 2.33. The third-order valence-corrected chi connectivity index (χ3v) is 3.15. The lowest BCUT2D eigenvalue weighted by Crippen LogP contribution is -2.61. The van der Waals surface area contributed by atoms with Gasteiger partial charge >= 0.3 is 5.97 Å². The molecule has 1 heterocycles. The number of nitrogens with zero attached hydrogens (tertiary/aromatic N) is 1. The minimum absolute atomic E-state index is 0.138. The van der Waals surface area contributed by atoms with E-state index in [1.165, 1.54) is 7.11 Å². The van der Waals surface area contributed by atoms with Gasteiger partial charge in [-0.15, -0.1) is 0 Å². The van der Waals surface area contributed by atoms with Crippen LogP contribution >= 0.6 is 0 Å². The van der Waals surface area contributed by atoms with Crippen LogP contribution in [0.4, 0.5) is 0 Å².